The Morgan fingerprint density at radius 3 is 2.95 bits per heavy atom. The first kappa shape index (κ1) is 15.3. The molecule has 0 aliphatic carbocycles. The third-order valence-corrected chi connectivity index (χ3v) is 3.78. The van der Waals surface area contributed by atoms with E-state index >= 15 is 0 Å². The monoisotopic (exact) mass is 294 g/mol. The van der Waals surface area contributed by atoms with Gasteiger partial charge in [-0.2, -0.15) is 0 Å². The molecular weight excluding hydrogens is 275 g/mol. The average molecular weight is 294 g/mol. The number of benzene rings is 1. The highest BCUT2D eigenvalue weighted by molar-refractivity contribution is 5.90. The highest BCUT2D eigenvalue weighted by Gasteiger charge is 2.25. The van der Waals surface area contributed by atoms with Gasteiger partial charge in [-0.1, -0.05) is 6.07 Å². The molecule has 5 nitrogen and oxygen atoms in total. The number of amides is 2. The maximum Gasteiger partial charge on any atom is 0.321 e. The molecule has 2 N–H and O–H groups in total. The lowest BCUT2D eigenvalue weighted by molar-refractivity contribution is -0.138. The summed E-state index contributed by atoms with van der Waals surface area (Å²) in [5, 5.41) is 11.5. The van der Waals surface area contributed by atoms with Crippen molar-refractivity contribution in [2.24, 2.45) is 5.92 Å². The molecule has 6 heteroatoms. The van der Waals surface area contributed by atoms with Crippen LogP contribution in [0.5, 0.6) is 0 Å². The van der Waals surface area contributed by atoms with E-state index in [2.05, 4.69) is 5.32 Å². The maximum absolute atomic E-state index is 13.4. The molecule has 1 aliphatic rings. The lowest BCUT2D eigenvalue weighted by Crippen LogP contribution is -2.42. The normalized spacial score (nSPS) is 18.4. The summed E-state index contributed by atoms with van der Waals surface area (Å²) < 4.78 is 13.4. The van der Waals surface area contributed by atoms with Gasteiger partial charge in [-0.25, -0.2) is 9.18 Å². The van der Waals surface area contributed by atoms with Gasteiger partial charge in [0.1, 0.15) is 5.82 Å². The van der Waals surface area contributed by atoms with Crippen LogP contribution in [0.25, 0.3) is 0 Å². The van der Waals surface area contributed by atoms with E-state index in [0.29, 0.717) is 24.3 Å². The largest absolute Gasteiger partial charge is 0.481 e. The molecule has 0 radical (unpaired) electrons. The number of halogens is 1. The number of nitrogens with zero attached hydrogens (tertiary/aromatic N) is 1. The van der Waals surface area contributed by atoms with Gasteiger partial charge < -0.3 is 15.3 Å². The van der Waals surface area contributed by atoms with Gasteiger partial charge in [0.25, 0.3) is 0 Å². The number of anilines is 1. The molecule has 1 aromatic rings. The highest BCUT2D eigenvalue weighted by Crippen LogP contribution is 2.22. The van der Waals surface area contributed by atoms with Gasteiger partial charge in [0.05, 0.1) is 0 Å². The van der Waals surface area contributed by atoms with Crippen LogP contribution in [-0.4, -0.2) is 35.1 Å². The maximum atomic E-state index is 13.4. The highest BCUT2D eigenvalue weighted by atomic mass is 19.1. The minimum absolute atomic E-state index is 0.0180. The summed E-state index contributed by atoms with van der Waals surface area (Å²) in [5.41, 5.74) is 0.838. The number of aliphatic carboxylic acids is 1. The van der Waals surface area contributed by atoms with E-state index in [0.717, 1.165) is 12.8 Å². The summed E-state index contributed by atoms with van der Waals surface area (Å²) in [4.78, 5) is 24.6. The molecule has 2 amide bonds. The number of hydrogen-bond acceptors (Lipinski definition) is 2. The molecule has 0 saturated carbocycles. The Labute approximate surface area is 122 Å². The second kappa shape index (κ2) is 6.56. The van der Waals surface area contributed by atoms with Crippen molar-refractivity contribution in [3.8, 4) is 0 Å². The van der Waals surface area contributed by atoms with Crippen LogP contribution in [-0.2, 0) is 4.79 Å². The Balaban J connectivity index is 1.99. The molecule has 0 aromatic heterocycles. The van der Waals surface area contributed by atoms with Crippen molar-refractivity contribution < 1.29 is 19.1 Å². The van der Waals surface area contributed by atoms with Crippen molar-refractivity contribution >= 4 is 17.7 Å². The van der Waals surface area contributed by atoms with Crippen LogP contribution in [0, 0.1) is 18.7 Å². The zero-order valence-corrected chi connectivity index (χ0v) is 11.9. The smallest absolute Gasteiger partial charge is 0.321 e. The Morgan fingerprint density at radius 1 is 1.48 bits per heavy atom. The third-order valence-electron chi connectivity index (χ3n) is 3.78. The molecule has 1 fully saturated rings. The predicted molar refractivity (Wildman–Crippen MR) is 76.7 cm³/mol. The molecule has 0 spiro atoms. The first-order valence-corrected chi connectivity index (χ1v) is 7.00. The van der Waals surface area contributed by atoms with Gasteiger partial charge >= 0.3 is 12.0 Å². The van der Waals surface area contributed by atoms with E-state index in [4.69, 9.17) is 5.11 Å². The quantitative estimate of drug-likeness (QED) is 0.900. The lowest BCUT2D eigenvalue weighted by Gasteiger charge is -2.32. The zero-order valence-electron chi connectivity index (χ0n) is 11.9. The van der Waals surface area contributed by atoms with E-state index in [1.54, 1.807) is 24.0 Å². The van der Waals surface area contributed by atoms with Crippen LogP contribution in [0.3, 0.4) is 0 Å². The molecule has 1 aliphatic heterocycles. The van der Waals surface area contributed by atoms with E-state index < -0.39 is 5.97 Å². The molecule has 1 aromatic carbocycles. The number of hydrogen-bond donors (Lipinski definition) is 2. The topological polar surface area (TPSA) is 69.6 Å². The average Bonchev–Trinajstić information content (AvgIpc) is 2.43. The van der Waals surface area contributed by atoms with Crippen LogP contribution in [0.1, 0.15) is 24.8 Å². The number of nitrogens with one attached hydrogen (secondary N) is 1. The minimum Gasteiger partial charge on any atom is -0.481 e. The van der Waals surface area contributed by atoms with Gasteiger partial charge in [0.2, 0.25) is 0 Å². The summed E-state index contributed by atoms with van der Waals surface area (Å²) in [7, 11) is 0. The summed E-state index contributed by atoms with van der Waals surface area (Å²) >= 11 is 0. The molecule has 114 valence electrons. The van der Waals surface area contributed by atoms with E-state index in [9.17, 15) is 14.0 Å². The molecule has 21 heavy (non-hydrogen) atoms. The van der Waals surface area contributed by atoms with Crippen LogP contribution in [0.4, 0.5) is 14.9 Å². The zero-order chi connectivity index (χ0) is 15.4. The number of carboxylic acids is 1. The van der Waals surface area contributed by atoms with Gasteiger partial charge in [0.15, 0.2) is 0 Å². The van der Waals surface area contributed by atoms with Crippen LogP contribution >= 0.6 is 0 Å². The fourth-order valence-corrected chi connectivity index (χ4v) is 2.60. The van der Waals surface area contributed by atoms with Gasteiger partial charge in [-0.3, -0.25) is 4.79 Å². The SMILES string of the molecule is Cc1c(F)cccc1NC(=O)N1CCCC(CC(=O)O)C1. The van der Waals surface area contributed by atoms with Crippen molar-refractivity contribution in [2.45, 2.75) is 26.2 Å². The van der Waals surface area contributed by atoms with E-state index in [-0.39, 0.29) is 24.2 Å². The van der Waals surface area contributed by atoms with Crippen molar-refractivity contribution in [3.05, 3.63) is 29.6 Å². The third kappa shape index (κ3) is 3.93. The minimum atomic E-state index is -0.844. The molecule has 1 saturated heterocycles. The first-order valence-electron chi connectivity index (χ1n) is 7.00. The Kier molecular flexibility index (Phi) is 4.77. The predicted octanol–water partition coefficient (Wildman–Crippen LogP) is 2.85. The summed E-state index contributed by atoms with van der Waals surface area (Å²) in [5.74, 6) is -1.23. The standard InChI is InChI=1S/C15H19FN2O3/c1-10-12(16)5-2-6-13(10)17-15(21)18-7-3-4-11(9-18)8-14(19)20/h2,5-6,11H,3-4,7-9H2,1H3,(H,17,21)(H,19,20). The fraction of sp³-hybridized carbons (Fsp3) is 0.467. The number of likely N-dealkylation sites (tertiary alicyclic amines) is 1. The van der Waals surface area contributed by atoms with Gasteiger partial charge in [-0.05, 0) is 37.8 Å². The van der Waals surface area contributed by atoms with Gasteiger partial charge in [-0.15, -0.1) is 0 Å². The Bertz CT molecular complexity index is 548. The molecule has 1 heterocycles. The Hall–Kier alpha value is -2.11. The number of carbonyl (C=O) groups excluding carboxylic acids is 1. The second-order valence-electron chi connectivity index (χ2n) is 5.39. The van der Waals surface area contributed by atoms with Crippen molar-refractivity contribution in [1.82, 2.24) is 4.90 Å². The Morgan fingerprint density at radius 2 is 2.24 bits per heavy atom. The fourth-order valence-electron chi connectivity index (χ4n) is 2.60. The van der Waals surface area contributed by atoms with Crippen LogP contribution < -0.4 is 5.32 Å². The van der Waals surface area contributed by atoms with Crippen molar-refractivity contribution in [1.29, 1.82) is 0 Å². The van der Waals surface area contributed by atoms with Crippen molar-refractivity contribution in [3.63, 3.8) is 0 Å². The second-order valence-corrected chi connectivity index (χ2v) is 5.39. The summed E-state index contributed by atoms with van der Waals surface area (Å²) in [6.07, 6.45) is 1.67. The number of rotatable bonds is 3. The molecule has 1 atom stereocenters. The van der Waals surface area contributed by atoms with E-state index in [1.807, 2.05) is 0 Å². The van der Waals surface area contributed by atoms with Crippen LogP contribution in [0.15, 0.2) is 18.2 Å². The lowest BCUT2D eigenvalue weighted by atomic mass is 9.95. The molecule has 1 unspecified atom stereocenters. The summed E-state index contributed by atoms with van der Waals surface area (Å²) in [6.45, 7) is 2.62. The van der Waals surface area contributed by atoms with Crippen molar-refractivity contribution in [2.75, 3.05) is 18.4 Å². The number of urea groups is 1. The first-order chi connectivity index (χ1) is 9.97. The molecule has 0 bridgehead atoms. The number of carboxylic acid groups (broad SMARTS) is 1. The number of piperidine rings is 1. The van der Waals surface area contributed by atoms with Gasteiger partial charge in [0, 0.05) is 30.8 Å². The van der Waals surface area contributed by atoms with E-state index in [1.165, 1.54) is 6.07 Å². The summed E-state index contributed by atoms with van der Waals surface area (Å²) in [6, 6.07) is 4.23. The number of carbonyl (C=O) groups is 2. The molecule has 2 rings (SSSR count). The van der Waals surface area contributed by atoms with Crippen LogP contribution in [0.2, 0.25) is 0 Å². The molecular formula is C15H19FN2O3.